The van der Waals surface area contributed by atoms with Crippen LogP contribution in [0.1, 0.15) is 15.9 Å². The average Bonchev–Trinajstić information content (AvgIpc) is 2.50. The van der Waals surface area contributed by atoms with Crippen LogP contribution in [0.25, 0.3) is 10.9 Å². The van der Waals surface area contributed by atoms with Crippen LogP contribution in [0.5, 0.6) is 0 Å². The molecule has 1 aromatic heterocycles. The number of nitrogens with zero attached hydrogens (tertiary/aromatic N) is 1. The lowest BCUT2D eigenvalue weighted by Gasteiger charge is -2.09. The first kappa shape index (κ1) is 13.2. The Morgan fingerprint density at radius 2 is 1.95 bits per heavy atom. The van der Waals surface area contributed by atoms with Crippen molar-refractivity contribution in [2.75, 3.05) is 5.32 Å². The summed E-state index contributed by atoms with van der Waals surface area (Å²) in [7, 11) is 0. The summed E-state index contributed by atoms with van der Waals surface area (Å²) in [5, 5.41) is 3.64. The fraction of sp³-hybridized carbons (Fsp3) is 0.0588. The second kappa shape index (κ2) is 5.32. The van der Waals surface area contributed by atoms with Crippen LogP contribution >= 0.6 is 0 Å². The number of fused-ring (bicyclic) bond motifs is 1. The van der Waals surface area contributed by atoms with E-state index in [2.05, 4.69) is 10.3 Å². The maximum absolute atomic E-state index is 13.8. The topological polar surface area (TPSA) is 42.0 Å². The van der Waals surface area contributed by atoms with Crippen molar-refractivity contribution in [2.45, 2.75) is 6.92 Å². The van der Waals surface area contributed by atoms with Crippen molar-refractivity contribution < 1.29 is 9.18 Å². The first-order chi connectivity index (χ1) is 10.1. The van der Waals surface area contributed by atoms with Crippen molar-refractivity contribution in [1.29, 1.82) is 0 Å². The van der Waals surface area contributed by atoms with E-state index in [1.54, 1.807) is 18.3 Å². The molecule has 0 saturated heterocycles. The van der Waals surface area contributed by atoms with Crippen molar-refractivity contribution in [2.24, 2.45) is 0 Å². The van der Waals surface area contributed by atoms with E-state index in [-0.39, 0.29) is 5.56 Å². The number of hydrogen-bond donors (Lipinski definition) is 1. The highest BCUT2D eigenvalue weighted by Gasteiger charge is 2.13. The third-order valence-corrected chi connectivity index (χ3v) is 3.25. The minimum Gasteiger partial charge on any atom is -0.320 e. The van der Waals surface area contributed by atoms with Crippen LogP contribution in [-0.2, 0) is 0 Å². The molecule has 0 spiro atoms. The lowest BCUT2D eigenvalue weighted by Crippen LogP contribution is -2.14. The van der Waals surface area contributed by atoms with E-state index in [4.69, 9.17) is 0 Å². The van der Waals surface area contributed by atoms with Crippen LogP contribution in [0.3, 0.4) is 0 Å². The molecule has 3 aromatic rings. The Labute approximate surface area is 121 Å². The normalized spacial score (nSPS) is 10.6. The lowest BCUT2D eigenvalue weighted by molar-refractivity contribution is 0.102. The SMILES string of the molecule is Cc1ccc(F)c(C(=O)Nc2cccc3cccnc23)c1. The second-order valence-corrected chi connectivity index (χ2v) is 4.82. The summed E-state index contributed by atoms with van der Waals surface area (Å²) in [5.74, 6) is -1.01. The Kier molecular flexibility index (Phi) is 3.36. The van der Waals surface area contributed by atoms with Crippen molar-refractivity contribution in [1.82, 2.24) is 4.98 Å². The van der Waals surface area contributed by atoms with E-state index in [9.17, 15) is 9.18 Å². The summed E-state index contributed by atoms with van der Waals surface area (Å²) >= 11 is 0. The molecular formula is C17H13FN2O. The van der Waals surface area contributed by atoms with Gasteiger partial charge in [0.25, 0.3) is 5.91 Å². The van der Waals surface area contributed by atoms with Gasteiger partial charge in [-0.15, -0.1) is 0 Å². The number of pyridine rings is 1. The number of anilines is 1. The zero-order valence-electron chi connectivity index (χ0n) is 11.4. The van der Waals surface area contributed by atoms with Crippen molar-refractivity contribution in [3.63, 3.8) is 0 Å². The van der Waals surface area contributed by atoms with Gasteiger partial charge < -0.3 is 5.32 Å². The quantitative estimate of drug-likeness (QED) is 0.772. The number of benzene rings is 2. The molecule has 0 aliphatic rings. The summed E-state index contributed by atoms with van der Waals surface area (Å²) in [6, 6.07) is 13.7. The zero-order valence-corrected chi connectivity index (χ0v) is 11.4. The highest BCUT2D eigenvalue weighted by atomic mass is 19.1. The van der Waals surface area contributed by atoms with Gasteiger partial charge in [0.05, 0.1) is 16.8 Å². The Morgan fingerprint density at radius 3 is 2.81 bits per heavy atom. The van der Waals surface area contributed by atoms with Crippen LogP contribution < -0.4 is 5.32 Å². The fourth-order valence-electron chi connectivity index (χ4n) is 2.21. The van der Waals surface area contributed by atoms with Gasteiger partial charge in [-0.3, -0.25) is 9.78 Å². The fourth-order valence-corrected chi connectivity index (χ4v) is 2.21. The number of amides is 1. The minimum atomic E-state index is -0.536. The first-order valence-corrected chi connectivity index (χ1v) is 6.56. The summed E-state index contributed by atoms with van der Waals surface area (Å²) in [6.07, 6.45) is 1.66. The Hall–Kier alpha value is -2.75. The molecule has 0 aliphatic heterocycles. The van der Waals surface area contributed by atoms with E-state index < -0.39 is 11.7 Å². The molecule has 4 heteroatoms. The molecule has 2 aromatic carbocycles. The number of halogens is 1. The monoisotopic (exact) mass is 280 g/mol. The molecule has 0 aliphatic carbocycles. The van der Waals surface area contributed by atoms with Gasteiger partial charge in [-0.1, -0.05) is 29.8 Å². The molecule has 21 heavy (non-hydrogen) atoms. The summed E-state index contributed by atoms with van der Waals surface area (Å²) < 4.78 is 13.8. The molecule has 1 amide bonds. The highest BCUT2D eigenvalue weighted by Crippen LogP contribution is 2.22. The van der Waals surface area contributed by atoms with E-state index in [1.807, 2.05) is 31.2 Å². The van der Waals surface area contributed by atoms with Crippen LogP contribution in [0.4, 0.5) is 10.1 Å². The van der Waals surface area contributed by atoms with E-state index in [0.29, 0.717) is 11.2 Å². The number of nitrogens with one attached hydrogen (secondary N) is 1. The van der Waals surface area contributed by atoms with Crippen LogP contribution in [-0.4, -0.2) is 10.9 Å². The molecule has 1 N–H and O–H groups in total. The standard InChI is InChI=1S/C17H13FN2O/c1-11-7-8-14(18)13(10-11)17(21)20-15-6-2-4-12-5-3-9-19-16(12)15/h2-10H,1H3,(H,20,21). The summed E-state index contributed by atoms with van der Waals surface area (Å²) in [4.78, 5) is 16.5. The van der Waals surface area contributed by atoms with Crippen LogP contribution in [0.2, 0.25) is 0 Å². The molecule has 0 saturated carbocycles. The number of carbonyl (C=O) groups is 1. The maximum atomic E-state index is 13.8. The Balaban J connectivity index is 1.99. The molecule has 3 rings (SSSR count). The maximum Gasteiger partial charge on any atom is 0.258 e. The predicted molar refractivity (Wildman–Crippen MR) is 80.8 cm³/mol. The highest BCUT2D eigenvalue weighted by molar-refractivity contribution is 6.08. The van der Waals surface area contributed by atoms with Gasteiger partial charge in [-0.2, -0.15) is 0 Å². The van der Waals surface area contributed by atoms with Gasteiger partial charge in [-0.05, 0) is 31.2 Å². The number of rotatable bonds is 2. The molecule has 0 fully saturated rings. The number of para-hydroxylation sites is 1. The number of carbonyl (C=O) groups excluding carboxylic acids is 1. The Morgan fingerprint density at radius 1 is 1.14 bits per heavy atom. The predicted octanol–water partition coefficient (Wildman–Crippen LogP) is 3.93. The third kappa shape index (κ3) is 2.60. The van der Waals surface area contributed by atoms with E-state index in [1.165, 1.54) is 12.1 Å². The zero-order chi connectivity index (χ0) is 14.8. The second-order valence-electron chi connectivity index (χ2n) is 4.82. The molecule has 104 valence electrons. The lowest BCUT2D eigenvalue weighted by atomic mass is 10.1. The molecule has 0 unspecified atom stereocenters. The van der Waals surface area contributed by atoms with E-state index >= 15 is 0 Å². The Bertz CT molecular complexity index is 825. The molecule has 1 heterocycles. The largest absolute Gasteiger partial charge is 0.320 e. The molecule has 0 radical (unpaired) electrons. The summed E-state index contributed by atoms with van der Waals surface area (Å²) in [6.45, 7) is 1.82. The van der Waals surface area contributed by atoms with Crippen molar-refractivity contribution in [3.05, 3.63) is 71.7 Å². The van der Waals surface area contributed by atoms with Crippen LogP contribution in [0, 0.1) is 12.7 Å². The minimum absolute atomic E-state index is 0.0305. The van der Waals surface area contributed by atoms with Gasteiger partial charge in [-0.25, -0.2) is 4.39 Å². The van der Waals surface area contributed by atoms with E-state index in [0.717, 1.165) is 10.9 Å². The number of hydrogen-bond acceptors (Lipinski definition) is 2. The van der Waals surface area contributed by atoms with Gasteiger partial charge in [0.2, 0.25) is 0 Å². The number of aryl methyl sites for hydroxylation is 1. The van der Waals surface area contributed by atoms with Gasteiger partial charge in [0, 0.05) is 11.6 Å². The van der Waals surface area contributed by atoms with Gasteiger partial charge >= 0.3 is 0 Å². The third-order valence-electron chi connectivity index (χ3n) is 3.25. The molecule has 0 bridgehead atoms. The van der Waals surface area contributed by atoms with Crippen molar-refractivity contribution >= 4 is 22.5 Å². The first-order valence-electron chi connectivity index (χ1n) is 6.56. The molecule has 3 nitrogen and oxygen atoms in total. The van der Waals surface area contributed by atoms with Gasteiger partial charge in [0.1, 0.15) is 5.82 Å². The molecular weight excluding hydrogens is 267 g/mol. The number of aromatic nitrogens is 1. The average molecular weight is 280 g/mol. The van der Waals surface area contributed by atoms with Crippen LogP contribution in [0.15, 0.2) is 54.7 Å². The van der Waals surface area contributed by atoms with Gasteiger partial charge in [0.15, 0.2) is 0 Å². The molecule has 0 atom stereocenters. The van der Waals surface area contributed by atoms with Crippen molar-refractivity contribution in [3.8, 4) is 0 Å². The summed E-state index contributed by atoms with van der Waals surface area (Å²) in [5.41, 5.74) is 2.11. The smallest absolute Gasteiger partial charge is 0.258 e.